The third kappa shape index (κ3) is 3.89. The fourth-order valence-corrected chi connectivity index (χ4v) is 2.11. The zero-order valence-corrected chi connectivity index (χ0v) is 13.1. The molecule has 2 aromatic heterocycles. The minimum absolute atomic E-state index is 0.289. The van der Waals surface area contributed by atoms with E-state index in [1.165, 1.54) is 0 Å². The van der Waals surface area contributed by atoms with E-state index >= 15 is 0 Å². The van der Waals surface area contributed by atoms with E-state index in [1.54, 1.807) is 48.7 Å². The summed E-state index contributed by atoms with van der Waals surface area (Å²) in [6.07, 6.45) is 6.75. The number of benzene rings is 1. The monoisotopic (exact) mass is 323 g/mol. The molecule has 2 amide bonds. The first-order valence-corrected chi connectivity index (χ1v) is 7.37. The summed E-state index contributed by atoms with van der Waals surface area (Å²) in [7, 11) is 1.62. The van der Waals surface area contributed by atoms with Gasteiger partial charge in [0.2, 0.25) is 0 Å². The topological polar surface area (TPSA) is 81.1 Å². The predicted octanol–water partition coefficient (Wildman–Crippen LogP) is 2.60. The number of carbonyl (C=O) groups excluding carboxylic acids is 1. The number of hydrogen-bond donors (Lipinski definition) is 2. The number of nitrogens with one attached hydrogen (secondary N) is 2. The molecule has 7 nitrogen and oxygen atoms in total. The van der Waals surface area contributed by atoms with Crippen molar-refractivity contribution in [3.05, 3.63) is 66.9 Å². The molecule has 2 N–H and O–H groups in total. The van der Waals surface area contributed by atoms with Crippen LogP contribution in [0.25, 0.3) is 5.82 Å². The third-order valence-corrected chi connectivity index (χ3v) is 3.39. The molecule has 122 valence electrons. The number of methoxy groups -OCH3 is 1. The van der Waals surface area contributed by atoms with Crippen molar-refractivity contribution < 1.29 is 9.53 Å². The van der Waals surface area contributed by atoms with Crippen LogP contribution in [0.2, 0.25) is 0 Å². The highest BCUT2D eigenvalue weighted by molar-refractivity contribution is 5.89. The average molecular weight is 323 g/mol. The zero-order valence-electron chi connectivity index (χ0n) is 13.1. The normalized spacial score (nSPS) is 10.2. The van der Waals surface area contributed by atoms with Gasteiger partial charge in [0.25, 0.3) is 0 Å². The van der Waals surface area contributed by atoms with Crippen molar-refractivity contribution in [2.75, 3.05) is 12.4 Å². The summed E-state index contributed by atoms with van der Waals surface area (Å²) >= 11 is 0. The second-order valence-electron chi connectivity index (χ2n) is 5.03. The Bertz CT molecular complexity index is 783. The van der Waals surface area contributed by atoms with Crippen LogP contribution in [0.1, 0.15) is 5.56 Å². The molecule has 0 saturated carbocycles. The van der Waals surface area contributed by atoms with Crippen molar-refractivity contribution in [1.82, 2.24) is 19.9 Å². The summed E-state index contributed by atoms with van der Waals surface area (Å²) < 4.78 is 6.88. The molecule has 0 radical (unpaired) electrons. The van der Waals surface area contributed by atoms with Gasteiger partial charge < -0.3 is 15.4 Å². The number of carbonyl (C=O) groups is 1. The van der Waals surface area contributed by atoms with Gasteiger partial charge >= 0.3 is 6.03 Å². The lowest BCUT2D eigenvalue weighted by molar-refractivity contribution is 0.251. The third-order valence-electron chi connectivity index (χ3n) is 3.39. The predicted molar refractivity (Wildman–Crippen MR) is 90.2 cm³/mol. The summed E-state index contributed by atoms with van der Waals surface area (Å²) in [6, 6.07) is 10.8. The second-order valence-corrected chi connectivity index (χ2v) is 5.03. The molecule has 0 spiro atoms. The van der Waals surface area contributed by atoms with Crippen molar-refractivity contribution in [2.24, 2.45) is 0 Å². The van der Waals surface area contributed by atoms with Crippen LogP contribution in [0, 0.1) is 0 Å². The van der Waals surface area contributed by atoms with Crippen molar-refractivity contribution >= 4 is 11.7 Å². The molecular formula is C17H17N5O2. The Kier molecular flexibility index (Phi) is 4.71. The quantitative estimate of drug-likeness (QED) is 0.756. The fourth-order valence-electron chi connectivity index (χ4n) is 2.11. The Hall–Kier alpha value is -3.35. The number of urea groups is 1. The molecule has 0 fully saturated rings. The highest BCUT2D eigenvalue weighted by atomic mass is 16.5. The molecule has 0 aliphatic heterocycles. The maximum atomic E-state index is 11.9. The largest absolute Gasteiger partial charge is 0.497 e. The van der Waals surface area contributed by atoms with Crippen molar-refractivity contribution in [2.45, 2.75) is 6.54 Å². The minimum Gasteiger partial charge on any atom is -0.497 e. The van der Waals surface area contributed by atoms with Crippen LogP contribution in [0.4, 0.5) is 10.5 Å². The number of amides is 2. The van der Waals surface area contributed by atoms with Crippen LogP contribution in [0.3, 0.4) is 0 Å². The minimum atomic E-state index is -0.289. The Morgan fingerprint density at radius 2 is 2.04 bits per heavy atom. The van der Waals surface area contributed by atoms with Crippen LogP contribution < -0.4 is 15.4 Å². The second kappa shape index (κ2) is 7.28. The van der Waals surface area contributed by atoms with Gasteiger partial charge in [0, 0.05) is 18.9 Å². The van der Waals surface area contributed by atoms with E-state index in [2.05, 4.69) is 20.6 Å². The standard InChI is InChI=1S/C17H17N5O2/c1-24-15-5-2-13(3-6-15)10-20-17(23)21-14-4-7-16(19-11-14)22-9-8-18-12-22/h2-9,11-12H,10H2,1H3,(H2,20,21,23). The van der Waals surface area contributed by atoms with E-state index < -0.39 is 0 Å². The average Bonchev–Trinajstić information content (AvgIpc) is 3.16. The van der Waals surface area contributed by atoms with Crippen molar-refractivity contribution in [3.8, 4) is 11.6 Å². The Balaban J connectivity index is 1.52. The van der Waals surface area contributed by atoms with Gasteiger partial charge in [-0.25, -0.2) is 14.8 Å². The molecule has 0 unspecified atom stereocenters. The van der Waals surface area contributed by atoms with Crippen molar-refractivity contribution in [1.29, 1.82) is 0 Å². The molecule has 0 aliphatic carbocycles. The van der Waals surface area contributed by atoms with E-state index in [-0.39, 0.29) is 6.03 Å². The smallest absolute Gasteiger partial charge is 0.319 e. The van der Waals surface area contributed by atoms with E-state index in [4.69, 9.17) is 4.74 Å². The number of pyridine rings is 1. The molecule has 0 atom stereocenters. The molecular weight excluding hydrogens is 306 g/mol. The van der Waals surface area contributed by atoms with Crippen molar-refractivity contribution in [3.63, 3.8) is 0 Å². The van der Waals surface area contributed by atoms with Gasteiger partial charge in [-0.15, -0.1) is 0 Å². The fraction of sp³-hybridized carbons (Fsp3) is 0.118. The zero-order chi connectivity index (χ0) is 16.8. The Morgan fingerprint density at radius 3 is 2.67 bits per heavy atom. The molecule has 3 rings (SSSR count). The number of nitrogens with zero attached hydrogens (tertiary/aromatic N) is 3. The molecule has 0 aliphatic rings. The number of ether oxygens (including phenoxy) is 1. The molecule has 2 heterocycles. The number of aromatic nitrogens is 3. The first-order chi connectivity index (χ1) is 11.7. The van der Waals surface area contributed by atoms with E-state index in [0.29, 0.717) is 12.2 Å². The van der Waals surface area contributed by atoms with Gasteiger partial charge in [-0.1, -0.05) is 12.1 Å². The molecule has 3 aromatic rings. The Morgan fingerprint density at radius 1 is 1.21 bits per heavy atom. The van der Waals surface area contributed by atoms with Gasteiger partial charge in [0.05, 0.1) is 19.0 Å². The molecule has 1 aromatic carbocycles. The highest BCUT2D eigenvalue weighted by Gasteiger charge is 2.03. The summed E-state index contributed by atoms with van der Waals surface area (Å²) in [5.74, 6) is 1.52. The number of hydrogen-bond acceptors (Lipinski definition) is 4. The van der Waals surface area contributed by atoms with Gasteiger partial charge in [-0.3, -0.25) is 4.57 Å². The SMILES string of the molecule is COc1ccc(CNC(=O)Nc2ccc(-n3ccnc3)nc2)cc1. The lowest BCUT2D eigenvalue weighted by Gasteiger charge is -2.09. The number of anilines is 1. The summed E-state index contributed by atoms with van der Waals surface area (Å²) in [4.78, 5) is 20.2. The van der Waals surface area contributed by atoms with E-state index in [9.17, 15) is 4.79 Å². The first kappa shape index (κ1) is 15.5. The molecule has 0 bridgehead atoms. The Labute approximate surface area is 139 Å². The molecule has 0 saturated heterocycles. The maximum absolute atomic E-state index is 11.9. The molecule has 7 heteroatoms. The number of imidazole rings is 1. The van der Waals surface area contributed by atoms with Crippen LogP contribution in [-0.2, 0) is 6.54 Å². The van der Waals surface area contributed by atoms with E-state index in [1.807, 2.05) is 24.3 Å². The van der Waals surface area contributed by atoms with Gasteiger partial charge in [0.15, 0.2) is 0 Å². The van der Waals surface area contributed by atoms with Crippen LogP contribution in [-0.4, -0.2) is 27.7 Å². The first-order valence-electron chi connectivity index (χ1n) is 7.37. The van der Waals surface area contributed by atoms with Crippen LogP contribution >= 0.6 is 0 Å². The number of rotatable bonds is 5. The van der Waals surface area contributed by atoms with Gasteiger partial charge in [-0.2, -0.15) is 0 Å². The lowest BCUT2D eigenvalue weighted by Crippen LogP contribution is -2.28. The van der Waals surface area contributed by atoms with E-state index in [0.717, 1.165) is 17.1 Å². The van der Waals surface area contributed by atoms with Gasteiger partial charge in [0.1, 0.15) is 17.9 Å². The van der Waals surface area contributed by atoms with Crippen LogP contribution in [0.15, 0.2) is 61.3 Å². The summed E-state index contributed by atoms with van der Waals surface area (Å²) in [6.45, 7) is 0.427. The lowest BCUT2D eigenvalue weighted by atomic mass is 10.2. The van der Waals surface area contributed by atoms with Gasteiger partial charge in [-0.05, 0) is 29.8 Å². The highest BCUT2D eigenvalue weighted by Crippen LogP contribution is 2.12. The molecule has 24 heavy (non-hydrogen) atoms. The van der Waals surface area contributed by atoms with Crippen LogP contribution in [0.5, 0.6) is 5.75 Å². The summed E-state index contributed by atoms with van der Waals surface area (Å²) in [5.41, 5.74) is 1.60. The summed E-state index contributed by atoms with van der Waals surface area (Å²) in [5, 5.41) is 5.54. The maximum Gasteiger partial charge on any atom is 0.319 e.